The van der Waals surface area contributed by atoms with Gasteiger partial charge in [0.05, 0.1) is 6.07 Å². The molecule has 0 aromatic carbocycles. The van der Waals surface area contributed by atoms with Crippen LogP contribution in [0.4, 0.5) is 0 Å². The van der Waals surface area contributed by atoms with E-state index in [0.29, 0.717) is 0 Å². The summed E-state index contributed by atoms with van der Waals surface area (Å²) in [6.07, 6.45) is 3.84. The first-order valence-corrected chi connectivity index (χ1v) is 4.06. The highest BCUT2D eigenvalue weighted by Gasteiger charge is 2.46. The van der Waals surface area contributed by atoms with Crippen LogP contribution in [0.2, 0.25) is 0 Å². The minimum absolute atomic E-state index is 0.170. The lowest BCUT2D eigenvalue weighted by atomic mass is 10.2. The minimum Gasteiger partial charge on any atom is -0.285 e. The van der Waals surface area contributed by atoms with Crippen LogP contribution >= 0.6 is 11.6 Å². The predicted molar refractivity (Wildman–Crippen MR) is 45.2 cm³/mol. The lowest BCUT2D eigenvalue weighted by molar-refractivity contribution is 0.300. The van der Waals surface area contributed by atoms with Crippen LogP contribution in [0, 0.1) is 11.3 Å². The smallest absolute Gasteiger partial charge is 0.109 e. The normalized spacial score (nSPS) is 20.5. The molecule has 0 spiro atoms. The first-order chi connectivity index (χ1) is 5.25. The number of nitrogens with zero attached hydrogens (tertiary/aromatic N) is 2. The van der Waals surface area contributed by atoms with Crippen molar-refractivity contribution < 1.29 is 0 Å². The average molecular weight is 171 g/mol. The number of halogens is 1. The standard InChI is InChI=1S/C8H11ClN2/c1-11(6-2-5-9)8(7-10)3-4-8/h2,5H,3-4,6H2,1H3/b5-2+. The molecule has 0 bridgehead atoms. The molecule has 0 radical (unpaired) electrons. The number of hydrogen-bond donors (Lipinski definition) is 0. The quantitative estimate of drug-likeness (QED) is 0.645. The Bertz CT molecular complexity index is 201. The molecule has 2 nitrogen and oxygen atoms in total. The number of likely N-dealkylation sites (N-methyl/N-ethyl adjacent to an activating group) is 1. The maximum atomic E-state index is 8.78. The van der Waals surface area contributed by atoms with Crippen LogP contribution in [0.15, 0.2) is 11.6 Å². The highest BCUT2D eigenvalue weighted by molar-refractivity contribution is 6.25. The second-order valence-corrected chi connectivity index (χ2v) is 3.14. The molecule has 0 amide bonds. The summed E-state index contributed by atoms with van der Waals surface area (Å²) in [5.41, 5.74) is 1.32. The molecular formula is C8H11ClN2. The van der Waals surface area contributed by atoms with E-state index in [-0.39, 0.29) is 5.54 Å². The molecule has 0 unspecified atom stereocenters. The van der Waals surface area contributed by atoms with Gasteiger partial charge in [-0.05, 0) is 19.9 Å². The lowest BCUT2D eigenvalue weighted by Gasteiger charge is -2.19. The van der Waals surface area contributed by atoms with Gasteiger partial charge >= 0.3 is 0 Å². The molecule has 0 aromatic rings. The van der Waals surface area contributed by atoms with E-state index >= 15 is 0 Å². The van der Waals surface area contributed by atoms with Crippen molar-refractivity contribution in [2.45, 2.75) is 18.4 Å². The van der Waals surface area contributed by atoms with Gasteiger partial charge < -0.3 is 0 Å². The Morgan fingerprint density at radius 2 is 2.36 bits per heavy atom. The largest absolute Gasteiger partial charge is 0.285 e. The van der Waals surface area contributed by atoms with E-state index in [0.717, 1.165) is 19.4 Å². The van der Waals surface area contributed by atoms with Crippen molar-refractivity contribution in [2.24, 2.45) is 0 Å². The molecule has 1 saturated carbocycles. The Kier molecular flexibility index (Phi) is 2.53. The zero-order valence-corrected chi connectivity index (χ0v) is 7.30. The van der Waals surface area contributed by atoms with Gasteiger partial charge in [-0.2, -0.15) is 5.26 Å². The zero-order chi connectivity index (χ0) is 8.32. The molecule has 0 atom stereocenters. The van der Waals surface area contributed by atoms with Crippen molar-refractivity contribution in [3.8, 4) is 6.07 Å². The van der Waals surface area contributed by atoms with Crippen molar-refractivity contribution in [3.63, 3.8) is 0 Å². The molecule has 1 aliphatic carbocycles. The van der Waals surface area contributed by atoms with Gasteiger partial charge in [0, 0.05) is 12.1 Å². The van der Waals surface area contributed by atoms with Gasteiger partial charge in [0.2, 0.25) is 0 Å². The number of nitriles is 1. The molecule has 0 N–H and O–H groups in total. The lowest BCUT2D eigenvalue weighted by Crippen LogP contribution is -2.32. The van der Waals surface area contributed by atoms with Gasteiger partial charge in [0.15, 0.2) is 0 Å². The predicted octanol–water partition coefficient (Wildman–Crippen LogP) is 1.73. The number of hydrogen-bond acceptors (Lipinski definition) is 2. The molecule has 60 valence electrons. The van der Waals surface area contributed by atoms with Gasteiger partial charge in [-0.25, -0.2) is 0 Å². The molecular weight excluding hydrogens is 160 g/mol. The fourth-order valence-electron chi connectivity index (χ4n) is 1.07. The van der Waals surface area contributed by atoms with E-state index in [2.05, 4.69) is 6.07 Å². The highest BCUT2D eigenvalue weighted by Crippen LogP contribution is 2.39. The molecule has 0 saturated heterocycles. The first-order valence-electron chi connectivity index (χ1n) is 3.63. The van der Waals surface area contributed by atoms with Crippen LogP contribution in [0.25, 0.3) is 0 Å². The molecule has 1 rings (SSSR count). The molecule has 0 aromatic heterocycles. The summed E-state index contributed by atoms with van der Waals surface area (Å²) in [4.78, 5) is 2.03. The Balaban J connectivity index is 2.42. The van der Waals surface area contributed by atoms with Crippen LogP contribution in [0.5, 0.6) is 0 Å². The van der Waals surface area contributed by atoms with Crippen LogP contribution < -0.4 is 0 Å². The summed E-state index contributed by atoms with van der Waals surface area (Å²) < 4.78 is 0. The first kappa shape index (κ1) is 8.58. The van der Waals surface area contributed by atoms with E-state index in [1.165, 1.54) is 5.54 Å². The fourth-order valence-corrected chi connectivity index (χ4v) is 1.15. The summed E-state index contributed by atoms with van der Waals surface area (Å²) >= 11 is 5.37. The van der Waals surface area contributed by atoms with E-state index < -0.39 is 0 Å². The van der Waals surface area contributed by atoms with Crippen molar-refractivity contribution in [1.29, 1.82) is 5.26 Å². The van der Waals surface area contributed by atoms with Gasteiger partial charge in [0.1, 0.15) is 5.54 Å². The maximum Gasteiger partial charge on any atom is 0.109 e. The van der Waals surface area contributed by atoms with Crippen molar-refractivity contribution in [1.82, 2.24) is 4.90 Å². The van der Waals surface area contributed by atoms with E-state index in [1.807, 2.05) is 18.0 Å². The zero-order valence-electron chi connectivity index (χ0n) is 6.55. The van der Waals surface area contributed by atoms with Crippen LogP contribution in [0.1, 0.15) is 12.8 Å². The third kappa shape index (κ3) is 1.74. The maximum absolute atomic E-state index is 8.78. The van der Waals surface area contributed by atoms with Crippen LogP contribution in [-0.2, 0) is 0 Å². The van der Waals surface area contributed by atoms with Crippen molar-refractivity contribution >= 4 is 11.6 Å². The fraction of sp³-hybridized carbons (Fsp3) is 0.625. The van der Waals surface area contributed by atoms with E-state index in [1.54, 1.807) is 0 Å². The monoisotopic (exact) mass is 170 g/mol. The summed E-state index contributed by atoms with van der Waals surface area (Å²) in [5, 5.41) is 8.78. The third-order valence-corrected chi connectivity index (χ3v) is 2.31. The van der Waals surface area contributed by atoms with Crippen molar-refractivity contribution in [2.75, 3.05) is 13.6 Å². The van der Waals surface area contributed by atoms with Crippen molar-refractivity contribution in [3.05, 3.63) is 11.6 Å². The molecule has 1 aliphatic rings. The van der Waals surface area contributed by atoms with E-state index in [9.17, 15) is 0 Å². The second-order valence-electron chi connectivity index (χ2n) is 2.89. The Labute approximate surface area is 72.1 Å². The SMILES string of the molecule is CN(C/C=C/Cl)C1(C#N)CC1. The van der Waals surface area contributed by atoms with Crippen LogP contribution in [-0.4, -0.2) is 24.0 Å². The Morgan fingerprint density at radius 3 is 2.73 bits per heavy atom. The Hall–Kier alpha value is -0.520. The topological polar surface area (TPSA) is 27.0 Å². The molecule has 0 aliphatic heterocycles. The van der Waals surface area contributed by atoms with Gasteiger partial charge in [-0.15, -0.1) is 0 Å². The Morgan fingerprint density at radius 1 is 1.73 bits per heavy atom. The van der Waals surface area contributed by atoms with Gasteiger partial charge in [-0.3, -0.25) is 4.90 Å². The molecule has 3 heteroatoms. The molecule has 0 heterocycles. The van der Waals surface area contributed by atoms with Crippen LogP contribution in [0.3, 0.4) is 0 Å². The second kappa shape index (κ2) is 3.25. The third-order valence-electron chi connectivity index (χ3n) is 2.13. The van der Waals surface area contributed by atoms with Gasteiger partial charge in [-0.1, -0.05) is 17.7 Å². The average Bonchev–Trinajstić information content (AvgIpc) is 2.80. The molecule has 1 fully saturated rings. The summed E-state index contributed by atoms with van der Waals surface area (Å²) in [6.45, 7) is 0.761. The minimum atomic E-state index is -0.170. The summed E-state index contributed by atoms with van der Waals surface area (Å²) in [6, 6.07) is 2.31. The summed E-state index contributed by atoms with van der Waals surface area (Å²) in [5.74, 6) is 0. The highest BCUT2D eigenvalue weighted by atomic mass is 35.5. The van der Waals surface area contributed by atoms with E-state index in [4.69, 9.17) is 16.9 Å². The summed E-state index contributed by atoms with van der Waals surface area (Å²) in [7, 11) is 1.95. The number of rotatable bonds is 3. The molecule has 11 heavy (non-hydrogen) atoms. The van der Waals surface area contributed by atoms with Gasteiger partial charge in [0.25, 0.3) is 0 Å².